The Hall–Kier alpha value is -4.36. The van der Waals surface area contributed by atoms with Crippen LogP contribution in [0.5, 0.6) is 0 Å². The second-order valence-electron chi connectivity index (χ2n) is 9.18. The Bertz CT molecular complexity index is 1470. The molecule has 1 aliphatic heterocycles. The Morgan fingerprint density at radius 3 is 2.12 bits per heavy atom. The first kappa shape index (κ1) is 29.6. The lowest BCUT2D eigenvalue weighted by atomic mass is 9.97. The summed E-state index contributed by atoms with van der Waals surface area (Å²) in [4.78, 5) is 65.3. The van der Waals surface area contributed by atoms with Crippen molar-refractivity contribution in [3.63, 3.8) is 0 Å². The van der Waals surface area contributed by atoms with E-state index in [1.54, 1.807) is 12.1 Å². The van der Waals surface area contributed by atoms with E-state index in [9.17, 15) is 24.0 Å². The zero-order chi connectivity index (χ0) is 29.7. The number of fused-ring (bicyclic) bond motifs is 1. The van der Waals surface area contributed by atoms with Crippen LogP contribution in [0.1, 0.15) is 42.9 Å². The molecule has 41 heavy (non-hydrogen) atoms. The molecule has 4 rings (SSSR count). The molecule has 1 N–H and O–H groups in total. The zero-order valence-corrected chi connectivity index (χ0v) is 23.5. The third kappa shape index (κ3) is 7.44. The number of anilines is 1. The Labute approximate surface area is 238 Å². The number of nitrogens with one attached hydrogen (secondary N) is 1. The van der Waals surface area contributed by atoms with Gasteiger partial charge in [0.15, 0.2) is 29.7 Å². The topological polar surface area (TPSA) is 156 Å². The summed E-state index contributed by atoms with van der Waals surface area (Å²) in [6.07, 6.45) is -4.83. The molecule has 3 aromatic rings. The molecule has 0 amide bonds. The molecule has 1 aliphatic rings. The number of benzene rings is 2. The number of aromatic nitrogens is 1. The highest BCUT2D eigenvalue weighted by atomic mass is 32.1. The monoisotopic (exact) mass is 584 g/mol. The average molecular weight is 585 g/mol. The number of carbonyl (C=O) groups excluding carboxylic acids is 5. The van der Waals surface area contributed by atoms with Gasteiger partial charge in [0.2, 0.25) is 5.78 Å². The third-order valence-corrected chi connectivity index (χ3v) is 6.93. The van der Waals surface area contributed by atoms with Crippen LogP contribution >= 0.6 is 11.3 Å². The number of hydrogen-bond donors (Lipinski definition) is 1. The predicted octanol–water partition coefficient (Wildman–Crippen LogP) is 3.02. The summed E-state index contributed by atoms with van der Waals surface area (Å²) in [6.45, 7) is 4.26. The first-order valence-corrected chi connectivity index (χ1v) is 13.4. The molecule has 13 heteroatoms. The highest BCUT2D eigenvalue weighted by Crippen LogP contribution is 2.32. The van der Waals surface area contributed by atoms with Crippen LogP contribution < -0.4 is 5.32 Å². The van der Waals surface area contributed by atoms with Gasteiger partial charge in [-0.2, -0.15) is 0 Å². The van der Waals surface area contributed by atoms with Gasteiger partial charge in [0.05, 0.1) is 11.1 Å². The van der Waals surface area contributed by atoms with E-state index in [-0.39, 0.29) is 17.5 Å². The highest BCUT2D eigenvalue weighted by Gasteiger charge is 2.52. The molecular weight excluding hydrogens is 556 g/mol. The zero-order valence-electron chi connectivity index (χ0n) is 22.7. The maximum Gasteiger partial charge on any atom is 0.303 e. The summed E-state index contributed by atoms with van der Waals surface area (Å²) in [6, 6.07) is 13.1. The molecule has 0 unspecified atom stereocenters. The second-order valence-corrected chi connectivity index (χ2v) is 10.2. The van der Waals surface area contributed by atoms with Gasteiger partial charge < -0.3 is 29.0 Å². The van der Waals surface area contributed by atoms with Crippen molar-refractivity contribution in [1.29, 1.82) is 0 Å². The summed E-state index contributed by atoms with van der Waals surface area (Å²) in [7, 11) is 0. The highest BCUT2D eigenvalue weighted by molar-refractivity contribution is 7.17. The van der Waals surface area contributed by atoms with Crippen LogP contribution in [0.2, 0.25) is 0 Å². The van der Waals surface area contributed by atoms with Crippen LogP contribution in [0.25, 0.3) is 10.8 Å². The summed E-state index contributed by atoms with van der Waals surface area (Å²) in [5, 5.41) is 5.12. The Kier molecular flexibility index (Phi) is 9.30. The van der Waals surface area contributed by atoms with Crippen molar-refractivity contribution in [1.82, 2.24) is 4.98 Å². The van der Waals surface area contributed by atoms with Crippen LogP contribution in [-0.4, -0.2) is 71.9 Å². The molecule has 0 bridgehead atoms. The van der Waals surface area contributed by atoms with E-state index >= 15 is 0 Å². The van der Waals surface area contributed by atoms with Crippen molar-refractivity contribution >= 4 is 56.9 Å². The lowest BCUT2D eigenvalue weighted by Crippen LogP contribution is -2.64. The molecule has 12 nitrogen and oxygen atoms in total. The Balaban J connectivity index is 1.62. The van der Waals surface area contributed by atoms with Gasteiger partial charge in [0.1, 0.15) is 12.7 Å². The fourth-order valence-corrected chi connectivity index (χ4v) is 5.19. The molecule has 2 aromatic carbocycles. The quantitative estimate of drug-likeness (QED) is 0.223. The summed E-state index contributed by atoms with van der Waals surface area (Å²) < 4.78 is 27.4. The first-order valence-electron chi connectivity index (χ1n) is 12.6. The molecule has 0 radical (unpaired) electrons. The predicted molar refractivity (Wildman–Crippen MR) is 145 cm³/mol. The Morgan fingerprint density at radius 1 is 0.829 bits per heavy atom. The molecule has 216 valence electrons. The normalized spacial score (nSPS) is 21.9. The average Bonchev–Trinajstić information content (AvgIpc) is 3.38. The fourth-order valence-electron chi connectivity index (χ4n) is 4.38. The lowest BCUT2D eigenvalue weighted by Gasteiger charge is -2.44. The number of ketones is 1. The van der Waals surface area contributed by atoms with Crippen LogP contribution in [0.4, 0.5) is 5.13 Å². The molecule has 0 spiro atoms. The summed E-state index contributed by atoms with van der Waals surface area (Å²) in [5.41, 5.74) is 0.478. The van der Waals surface area contributed by atoms with Gasteiger partial charge >= 0.3 is 23.9 Å². The van der Waals surface area contributed by atoms with Crippen molar-refractivity contribution in [3.8, 4) is 0 Å². The number of ether oxygens (including phenoxy) is 5. The number of hydrogen-bond acceptors (Lipinski definition) is 13. The van der Waals surface area contributed by atoms with Crippen molar-refractivity contribution in [2.75, 3.05) is 11.9 Å². The number of rotatable bonds is 9. The van der Waals surface area contributed by atoms with E-state index in [0.29, 0.717) is 10.4 Å². The molecule has 1 fully saturated rings. The number of nitrogens with zero attached hydrogens (tertiary/aromatic N) is 1. The van der Waals surface area contributed by atoms with Crippen molar-refractivity contribution in [2.45, 2.75) is 58.3 Å². The van der Waals surface area contributed by atoms with Crippen LogP contribution in [0, 0.1) is 0 Å². The largest absolute Gasteiger partial charge is 0.463 e. The van der Waals surface area contributed by atoms with Gasteiger partial charge in [-0.3, -0.25) is 24.0 Å². The van der Waals surface area contributed by atoms with E-state index in [0.717, 1.165) is 42.9 Å². The van der Waals surface area contributed by atoms with Crippen molar-refractivity contribution in [3.05, 3.63) is 59.1 Å². The van der Waals surface area contributed by atoms with E-state index in [4.69, 9.17) is 23.7 Å². The summed E-state index contributed by atoms with van der Waals surface area (Å²) >= 11 is 1.03. The minimum Gasteiger partial charge on any atom is -0.463 e. The third-order valence-electron chi connectivity index (χ3n) is 6.00. The summed E-state index contributed by atoms with van der Waals surface area (Å²) in [5.74, 6) is -3.07. The van der Waals surface area contributed by atoms with Gasteiger partial charge in [0, 0.05) is 33.3 Å². The second kappa shape index (κ2) is 12.9. The van der Waals surface area contributed by atoms with Crippen molar-refractivity contribution in [2.24, 2.45) is 0 Å². The van der Waals surface area contributed by atoms with E-state index in [1.165, 1.54) is 13.1 Å². The molecule has 5 atom stereocenters. The maximum absolute atomic E-state index is 13.2. The van der Waals surface area contributed by atoms with Gasteiger partial charge in [-0.05, 0) is 16.8 Å². The number of thiazole rings is 1. The SMILES string of the molecule is CC(=O)OC[C@H]1O[C@@H](Nc2ncc(C(=O)c3ccc4ccccc4c3)s2)[C@@H](OC(C)=O)[C@@H](OC(C)=O)[C@@H]1OC(C)=O. The van der Waals surface area contributed by atoms with E-state index in [2.05, 4.69) is 10.3 Å². The van der Waals surface area contributed by atoms with Gasteiger partial charge in [-0.1, -0.05) is 47.7 Å². The fraction of sp³-hybridized carbons (Fsp3) is 0.357. The minimum atomic E-state index is -1.33. The molecule has 0 aliphatic carbocycles. The number of carbonyl (C=O) groups is 5. The smallest absolute Gasteiger partial charge is 0.303 e. The molecular formula is C28H28N2O10S. The van der Waals surface area contributed by atoms with Crippen LogP contribution in [0.3, 0.4) is 0 Å². The minimum absolute atomic E-state index is 0.232. The number of esters is 4. The standard InChI is InChI=1S/C28H28N2O10S/c1-14(31)36-13-21-24(37-15(2)32)25(38-16(3)33)26(39-17(4)34)27(40-21)30-28-29-12-22(41-28)23(35)20-10-9-18-7-5-6-8-19(18)11-20/h5-12,21,24-27H,13H2,1-4H3,(H,29,30)/t21-,24-,25+,26+,27-/m1/s1. The van der Waals surface area contributed by atoms with E-state index in [1.807, 2.05) is 30.3 Å². The van der Waals surface area contributed by atoms with E-state index < -0.39 is 54.5 Å². The molecule has 0 saturated carbocycles. The van der Waals surface area contributed by atoms with Crippen molar-refractivity contribution < 1.29 is 47.7 Å². The van der Waals surface area contributed by atoms with Gasteiger partial charge in [-0.25, -0.2) is 4.98 Å². The Morgan fingerprint density at radius 2 is 1.46 bits per heavy atom. The lowest BCUT2D eigenvalue weighted by molar-refractivity contribution is -0.247. The van der Waals surface area contributed by atoms with Gasteiger partial charge in [-0.15, -0.1) is 0 Å². The molecule has 1 aromatic heterocycles. The van der Waals surface area contributed by atoms with Crippen LogP contribution in [0.15, 0.2) is 48.7 Å². The molecule has 1 saturated heterocycles. The van der Waals surface area contributed by atoms with Crippen LogP contribution in [-0.2, 0) is 42.9 Å². The van der Waals surface area contributed by atoms with Gasteiger partial charge in [0.25, 0.3) is 0 Å². The maximum atomic E-state index is 13.2. The molecule has 2 heterocycles. The first-order chi connectivity index (χ1) is 19.5.